The van der Waals surface area contributed by atoms with Gasteiger partial charge in [0.1, 0.15) is 4.60 Å². The number of nitrogens with zero attached hydrogens (tertiary/aromatic N) is 2. The Bertz CT molecular complexity index is 790. The first-order chi connectivity index (χ1) is 11.8. The van der Waals surface area contributed by atoms with Gasteiger partial charge in [-0.1, -0.05) is 12.1 Å². The molecular formula is C17H16BrF3N4. The molecule has 4 nitrogen and oxygen atoms in total. The number of fused-ring (bicyclic) bond motifs is 1. The van der Waals surface area contributed by atoms with Gasteiger partial charge in [-0.3, -0.25) is 4.90 Å². The van der Waals surface area contributed by atoms with Crippen LogP contribution in [-0.4, -0.2) is 35.4 Å². The van der Waals surface area contributed by atoms with Crippen molar-refractivity contribution in [3.63, 3.8) is 0 Å². The van der Waals surface area contributed by atoms with Crippen molar-refractivity contribution in [2.45, 2.75) is 18.6 Å². The molecule has 0 bridgehead atoms. The molecule has 1 aromatic carbocycles. The molecule has 2 heterocycles. The monoisotopic (exact) mass is 412 g/mol. The number of aromatic nitrogens is 1. The Balaban J connectivity index is 2.13. The van der Waals surface area contributed by atoms with Crippen LogP contribution in [0, 0.1) is 5.41 Å². The van der Waals surface area contributed by atoms with Crippen LogP contribution in [0.3, 0.4) is 0 Å². The molecule has 0 spiro atoms. The molecule has 8 heteroatoms. The average Bonchev–Trinajstić information content (AvgIpc) is 2.54. The Labute approximate surface area is 151 Å². The van der Waals surface area contributed by atoms with Gasteiger partial charge in [0.25, 0.3) is 0 Å². The first kappa shape index (κ1) is 17.9. The van der Waals surface area contributed by atoms with E-state index in [0.29, 0.717) is 27.8 Å². The van der Waals surface area contributed by atoms with Gasteiger partial charge in [-0.05, 0) is 51.2 Å². The predicted octanol–water partition coefficient (Wildman–Crippen LogP) is 3.93. The minimum atomic E-state index is -4.29. The summed E-state index contributed by atoms with van der Waals surface area (Å²) in [5, 5.41) is 7.60. The molecule has 3 N–H and O–H groups in total. The molecule has 1 aliphatic heterocycles. The van der Waals surface area contributed by atoms with Crippen LogP contribution >= 0.6 is 15.9 Å². The third-order valence-electron chi connectivity index (χ3n) is 4.33. The van der Waals surface area contributed by atoms with Gasteiger partial charge in [0.05, 0.1) is 12.6 Å². The van der Waals surface area contributed by atoms with Gasteiger partial charge in [0, 0.05) is 30.2 Å². The zero-order chi connectivity index (χ0) is 18.2. The summed E-state index contributed by atoms with van der Waals surface area (Å²) >= 11 is 3.25. The summed E-state index contributed by atoms with van der Waals surface area (Å²) in [7, 11) is 0. The van der Waals surface area contributed by atoms with Gasteiger partial charge in [-0.2, -0.15) is 13.2 Å². The van der Waals surface area contributed by atoms with Crippen molar-refractivity contribution in [3.8, 4) is 0 Å². The second-order valence-corrected chi connectivity index (χ2v) is 6.75. The van der Waals surface area contributed by atoms with E-state index >= 15 is 0 Å². The summed E-state index contributed by atoms with van der Waals surface area (Å²) < 4.78 is 39.8. The van der Waals surface area contributed by atoms with Crippen molar-refractivity contribution >= 4 is 27.8 Å². The van der Waals surface area contributed by atoms with Crippen molar-refractivity contribution < 1.29 is 13.2 Å². The lowest BCUT2D eigenvalue weighted by Gasteiger charge is -2.38. The average molecular weight is 413 g/mol. The fourth-order valence-electron chi connectivity index (χ4n) is 3.33. The van der Waals surface area contributed by atoms with Crippen LogP contribution in [0.25, 0.3) is 0 Å². The lowest BCUT2D eigenvalue weighted by atomic mass is 9.85. The van der Waals surface area contributed by atoms with E-state index in [1.807, 2.05) is 0 Å². The molecule has 3 rings (SSSR count). The number of nitrogen functional groups attached to an aromatic ring is 1. The molecule has 1 unspecified atom stereocenters. The van der Waals surface area contributed by atoms with E-state index in [4.69, 9.17) is 11.1 Å². The number of halogens is 4. The van der Waals surface area contributed by atoms with E-state index in [1.54, 1.807) is 30.5 Å². The highest BCUT2D eigenvalue weighted by Gasteiger charge is 2.38. The molecule has 0 fully saturated rings. The highest BCUT2D eigenvalue weighted by Crippen LogP contribution is 2.39. The van der Waals surface area contributed by atoms with Gasteiger partial charge in [-0.15, -0.1) is 0 Å². The lowest BCUT2D eigenvalue weighted by Crippen LogP contribution is -2.42. The van der Waals surface area contributed by atoms with Crippen LogP contribution < -0.4 is 5.73 Å². The third-order valence-corrected chi connectivity index (χ3v) is 4.80. The zero-order valence-electron chi connectivity index (χ0n) is 13.1. The van der Waals surface area contributed by atoms with E-state index in [9.17, 15) is 13.2 Å². The quantitative estimate of drug-likeness (QED) is 0.455. The molecule has 1 aliphatic rings. The Kier molecular flexibility index (Phi) is 4.83. The number of benzene rings is 1. The van der Waals surface area contributed by atoms with Crippen molar-refractivity contribution in [3.05, 3.63) is 57.3 Å². The molecule has 0 aliphatic carbocycles. The Morgan fingerprint density at radius 1 is 1.32 bits per heavy atom. The molecule has 1 atom stereocenters. The van der Waals surface area contributed by atoms with Crippen LogP contribution in [0.2, 0.25) is 0 Å². The highest BCUT2D eigenvalue weighted by atomic mass is 79.9. The number of nitrogens with one attached hydrogen (secondary N) is 1. The number of rotatable bonds is 3. The predicted molar refractivity (Wildman–Crippen MR) is 93.9 cm³/mol. The van der Waals surface area contributed by atoms with Crippen LogP contribution in [-0.2, 0) is 6.42 Å². The maximum absolute atomic E-state index is 13.1. The number of hydrogen-bond acceptors (Lipinski definition) is 4. The fraction of sp³-hybridized carbons (Fsp3) is 0.294. The normalized spacial score (nSPS) is 18.0. The molecule has 25 heavy (non-hydrogen) atoms. The first-order valence-electron chi connectivity index (χ1n) is 7.64. The summed E-state index contributed by atoms with van der Waals surface area (Å²) in [6, 6.07) is 6.30. The summed E-state index contributed by atoms with van der Waals surface area (Å²) in [6.45, 7) is -0.769. The molecule has 132 valence electrons. The molecular weight excluding hydrogens is 397 g/mol. The van der Waals surface area contributed by atoms with Gasteiger partial charge in [0.15, 0.2) is 0 Å². The van der Waals surface area contributed by atoms with Gasteiger partial charge in [0.2, 0.25) is 0 Å². The Morgan fingerprint density at radius 3 is 2.68 bits per heavy atom. The number of pyridine rings is 1. The largest absolute Gasteiger partial charge is 0.401 e. The lowest BCUT2D eigenvalue weighted by molar-refractivity contribution is -0.150. The molecule has 2 aromatic rings. The maximum Gasteiger partial charge on any atom is 0.401 e. The number of nitrogens with two attached hydrogens (primary N) is 1. The topological polar surface area (TPSA) is 66.0 Å². The van der Waals surface area contributed by atoms with Gasteiger partial charge >= 0.3 is 6.18 Å². The van der Waals surface area contributed by atoms with Crippen molar-refractivity contribution in [1.29, 1.82) is 5.41 Å². The van der Waals surface area contributed by atoms with Crippen molar-refractivity contribution in [2.24, 2.45) is 0 Å². The van der Waals surface area contributed by atoms with E-state index in [2.05, 4.69) is 20.9 Å². The second-order valence-electron chi connectivity index (χ2n) is 5.93. The molecule has 0 saturated heterocycles. The van der Waals surface area contributed by atoms with Gasteiger partial charge in [-0.25, -0.2) is 4.98 Å². The van der Waals surface area contributed by atoms with Crippen LogP contribution in [0.5, 0.6) is 0 Å². The second kappa shape index (κ2) is 6.76. The van der Waals surface area contributed by atoms with E-state index in [0.717, 1.165) is 11.1 Å². The Hall–Kier alpha value is -1.93. The van der Waals surface area contributed by atoms with Gasteiger partial charge < -0.3 is 11.1 Å². The maximum atomic E-state index is 13.1. The summed E-state index contributed by atoms with van der Waals surface area (Å²) in [6.07, 6.45) is -1.13. The SMILES string of the molecule is N=Cc1c(N)ccc2c1CCN(CC(F)(F)F)C2c1ccc(Br)nc1. The van der Waals surface area contributed by atoms with Crippen LogP contribution in [0.15, 0.2) is 35.1 Å². The number of anilines is 1. The van der Waals surface area contributed by atoms with E-state index in [1.165, 1.54) is 11.1 Å². The fourth-order valence-corrected chi connectivity index (χ4v) is 3.56. The van der Waals surface area contributed by atoms with Crippen molar-refractivity contribution in [2.75, 3.05) is 18.8 Å². The van der Waals surface area contributed by atoms with Crippen LogP contribution in [0.4, 0.5) is 18.9 Å². The molecule has 1 aromatic heterocycles. The van der Waals surface area contributed by atoms with Crippen LogP contribution in [0.1, 0.15) is 28.3 Å². The number of alkyl halides is 3. The molecule has 0 saturated carbocycles. The Morgan fingerprint density at radius 2 is 2.08 bits per heavy atom. The summed E-state index contributed by atoms with van der Waals surface area (Å²) in [5.41, 5.74) is 9.23. The van der Waals surface area contributed by atoms with E-state index < -0.39 is 18.8 Å². The third kappa shape index (κ3) is 3.69. The van der Waals surface area contributed by atoms with E-state index in [-0.39, 0.29) is 6.54 Å². The number of hydrogen-bond donors (Lipinski definition) is 2. The minimum absolute atomic E-state index is 0.234. The molecule has 0 amide bonds. The standard InChI is InChI=1S/C17H16BrF3N4/c18-15-4-1-10(8-24-15)16-12-2-3-14(23)13(7-22)11(12)5-6-25(16)9-17(19,20)21/h1-4,7-8,16,22H,5-6,9,23H2. The molecule has 0 radical (unpaired) electrons. The first-order valence-corrected chi connectivity index (χ1v) is 8.43. The highest BCUT2D eigenvalue weighted by molar-refractivity contribution is 9.10. The smallest absolute Gasteiger partial charge is 0.398 e. The van der Waals surface area contributed by atoms with Crippen molar-refractivity contribution in [1.82, 2.24) is 9.88 Å². The summed E-state index contributed by atoms with van der Waals surface area (Å²) in [5.74, 6) is 0. The zero-order valence-corrected chi connectivity index (χ0v) is 14.7. The summed E-state index contributed by atoms with van der Waals surface area (Å²) in [4.78, 5) is 5.56. The minimum Gasteiger partial charge on any atom is -0.398 e.